The van der Waals surface area contributed by atoms with Gasteiger partial charge in [-0.05, 0) is 54.1 Å². The van der Waals surface area contributed by atoms with Crippen molar-refractivity contribution in [2.24, 2.45) is 0 Å². The molecule has 0 radical (unpaired) electrons. The molecule has 1 heterocycles. The van der Waals surface area contributed by atoms with E-state index in [1.807, 2.05) is 0 Å². The number of alkyl halides is 2. The first-order chi connectivity index (χ1) is 14.3. The van der Waals surface area contributed by atoms with Gasteiger partial charge in [-0.25, -0.2) is 13.2 Å². The normalized spacial score (nSPS) is 16.4. The van der Waals surface area contributed by atoms with Crippen molar-refractivity contribution < 1.29 is 55.8 Å². The quantitative estimate of drug-likeness (QED) is 0.376. The third-order valence-electron chi connectivity index (χ3n) is 4.02. The molecule has 0 fully saturated rings. The van der Waals surface area contributed by atoms with E-state index in [2.05, 4.69) is 19.8 Å². The highest BCUT2D eigenvalue weighted by Crippen LogP contribution is 2.63. The topological polar surface area (TPSA) is 69.9 Å². The maximum atomic E-state index is 13.8. The summed E-state index contributed by atoms with van der Waals surface area (Å²) >= 11 is -0.381. The molecule has 0 N–H and O–H groups in total. The molecule has 1 aliphatic rings. The van der Waals surface area contributed by atoms with Gasteiger partial charge in [0, 0.05) is 16.5 Å². The minimum absolute atomic E-state index is 0.203. The number of fused-ring (bicyclic) bond motifs is 1. The Morgan fingerprint density at radius 2 is 1.63 bits per heavy atom. The van der Waals surface area contributed by atoms with E-state index in [0.717, 1.165) is 24.3 Å². The second-order valence-electron chi connectivity index (χ2n) is 5.63. The van der Waals surface area contributed by atoms with Crippen LogP contribution in [0.2, 0.25) is 0 Å². The van der Waals surface area contributed by atoms with Crippen molar-refractivity contribution >= 4 is 11.8 Å². The fourth-order valence-electron chi connectivity index (χ4n) is 2.76. The highest BCUT2D eigenvalue weighted by molar-refractivity contribution is 8.00. The summed E-state index contributed by atoms with van der Waals surface area (Å²) in [5.41, 5.74) is -2.30. The molecule has 0 spiro atoms. The van der Waals surface area contributed by atoms with Gasteiger partial charge in [0.15, 0.2) is 0 Å². The Bertz CT molecular complexity index is 995. The predicted octanol–water partition coefficient (Wildman–Crippen LogP) is 5.94. The number of thioether (sulfide) groups is 1. The van der Waals surface area contributed by atoms with Gasteiger partial charge in [0.05, 0.1) is 17.2 Å². The number of nitrogens with zero attached hydrogens (tertiary/aromatic N) is 1. The lowest BCUT2D eigenvalue weighted by Gasteiger charge is -2.29. The van der Waals surface area contributed by atoms with Crippen molar-refractivity contribution in [3.05, 3.63) is 52.8 Å². The zero-order valence-corrected chi connectivity index (χ0v) is 14.8. The van der Waals surface area contributed by atoms with Crippen molar-refractivity contribution in [2.75, 3.05) is 0 Å². The number of ether oxygens (including phenoxy) is 1. The van der Waals surface area contributed by atoms with Crippen molar-refractivity contribution in [3.63, 3.8) is 0 Å². The van der Waals surface area contributed by atoms with Crippen LogP contribution in [0.5, 0.6) is 11.5 Å². The molecule has 0 saturated heterocycles. The molecule has 30 heavy (non-hydrogen) atoms. The van der Waals surface area contributed by atoms with Gasteiger partial charge in [-0.2, -0.15) is 5.26 Å². The van der Waals surface area contributed by atoms with Gasteiger partial charge >= 0.3 is 10.9 Å². The molecule has 1 aliphatic heterocycles. The number of hydrogen-bond acceptors (Lipinski definition) is 7. The third-order valence-corrected chi connectivity index (χ3v) is 5.32. The Hall–Kier alpha value is -2.57. The first-order valence-electron chi connectivity index (χ1n) is 7.53. The van der Waals surface area contributed by atoms with Crippen LogP contribution in [-0.2, 0) is 25.6 Å². The van der Waals surface area contributed by atoms with Gasteiger partial charge in [-0.3, -0.25) is 0 Å². The molecule has 160 valence electrons. The predicted molar refractivity (Wildman–Crippen MR) is 81.6 cm³/mol. The zero-order valence-electron chi connectivity index (χ0n) is 14.0. The third kappa shape index (κ3) is 3.24. The van der Waals surface area contributed by atoms with E-state index >= 15 is 0 Å². The first kappa shape index (κ1) is 22.1. The van der Waals surface area contributed by atoms with Crippen LogP contribution in [0.4, 0.5) is 31.3 Å². The maximum absolute atomic E-state index is 13.8. The summed E-state index contributed by atoms with van der Waals surface area (Å²) in [5.74, 6) is -5.73. The SMILES string of the molecule is N#Cc1cc(F)cc(Oc2ccc3c(c2C(F)F)SC(OF)(OF)C3(OF)OF)c1. The summed E-state index contributed by atoms with van der Waals surface area (Å²) in [4.78, 5) is 11.8. The standard InChI is InChI=1S/C16H6F7NO5S/c17-8-3-7(6-24)4-9(5-8)25-11-2-1-10-13(12(11)14(18)19)30-16(28-22,29-23)15(10,26-20)27-21/h1-5,14H. The molecular weight excluding hydrogens is 451 g/mol. The average Bonchev–Trinajstić information content (AvgIpc) is 3.02. The summed E-state index contributed by atoms with van der Waals surface area (Å²) < 4.78 is 98.6. The molecule has 0 bridgehead atoms. The molecule has 0 unspecified atom stereocenters. The smallest absolute Gasteiger partial charge is 0.358 e. The summed E-state index contributed by atoms with van der Waals surface area (Å²) in [6.07, 6.45) is -3.45. The number of halogens is 7. The van der Waals surface area contributed by atoms with Crippen LogP contribution < -0.4 is 4.74 Å². The minimum atomic E-state index is -3.72. The molecule has 0 aliphatic carbocycles. The van der Waals surface area contributed by atoms with E-state index < -0.39 is 44.9 Å². The summed E-state index contributed by atoms with van der Waals surface area (Å²) in [5, 5.41) is 5.17. The highest BCUT2D eigenvalue weighted by atomic mass is 32.2. The number of rotatable bonds is 7. The first-order valence-corrected chi connectivity index (χ1v) is 8.35. The van der Waals surface area contributed by atoms with Crippen LogP contribution in [-0.4, -0.2) is 5.12 Å². The Balaban J connectivity index is 2.18. The molecule has 2 aromatic rings. The molecular formula is C16H6F7NO5S. The van der Waals surface area contributed by atoms with Crippen molar-refractivity contribution in [3.8, 4) is 17.6 Å². The molecule has 0 atom stereocenters. The van der Waals surface area contributed by atoms with Crippen LogP contribution in [0.15, 0.2) is 35.2 Å². The Morgan fingerprint density at radius 1 is 0.967 bits per heavy atom. The minimum Gasteiger partial charge on any atom is -0.457 e. The van der Waals surface area contributed by atoms with E-state index in [9.17, 15) is 31.3 Å². The van der Waals surface area contributed by atoms with Crippen LogP contribution in [0.3, 0.4) is 0 Å². The van der Waals surface area contributed by atoms with Gasteiger partial charge in [0.25, 0.3) is 6.43 Å². The largest absolute Gasteiger partial charge is 0.457 e. The van der Waals surface area contributed by atoms with E-state index in [1.165, 1.54) is 0 Å². The summed E-state index contributed by atoms with van der Waals surface area (Å²) in [6, 6.07) is 5.63. The van der Waals surface area contributed by atoms with Crippen molar-refractivity contribution in [1.29, 1.82) is 5.26 Å². The molecule has 2 aromatic carbocycles. The molecule has 0 aromatic heterocycles. The molecule has 0 saturated carbocycles. The summed E-state index contributed by atoms with van der Waals surface area (Å²) in [7, 11) is 0. The van der Waals surface area contributed by atoms with Crippen LogP contribution in [0.1, 0.15) is 23.1 Å². The monoisotopic (exact) mass is 457 g/mol. The van der Waals surface area contributed by atoms with Gasteiger partial charge < -0.3 is 4.74 Å². The van der Waals surface area contributed by atoms with Gasteiger partial charge in [0.1, 0.15) is 17.3 Å². The molecule has 0 amide bonds. The number of benzene rings is 2. The van der Waals surface area contributed by atoms with E-state index in [-0.39, 0.29) is 23.1 Å². The van der Waals surface area contributed by atoms with Crippen LogP contribution >= 0.6 is 11.8 Å². The number of hydrogen-bond donors (Lipinski definition) is 0. The fraction of sp³-hybridized carbons (Fsp3) is 0.188. The zero-order chi connectivity index (χ0) is 22.1. The lowest BCUT2D eigenvalue weighted by atomic mass is 10.0. The highest BCUT2D eigenvalue weighted by Gasteiger charge is 2.71. The van der Waals surface area contributed by atoms with Crippen LogP contribution in [0, 0.1) is 17.1 Å². The second-order valence-corrected chi connectivity index (χ2v) is 6.78. The second kappa shape index (κ2) is 8.28. The Morgan fingerprint density at radius 3 is 2.17 bits per heavy atom. The van der Waals surface area contributed by atoms with Gasteiger partial charge in [-0.15, -0.1) is 19.8 Å². The lowest BCUT2D eigenvalue weighted by molar-refractivity contribution is -0.532. The molecule has 6 nitrogen and oxygen atoms in total. The fourth-order valence-corrected chi connectivity index (χ4v) is 4.01. The average molecular weight is 457 g/mol. The van der Waals surface area contributed by atoms with Gasteiger partial charge in [0.2, 0.25) is 0 Å². The van der Waals surface area contributed by atoms with Crippen molar-refractivity contribution in [1.82, 2.24) is 0 Å². The van der Waals surface area contributed by atoms with E-state index in [1.54, 1.807) is 6.07 Å². The van der Waals surface area contributed by atoms with Gasteiger partial charge in [-0.1, -0.05) is 0 Å². The molecule has 3 rings (SSSR count). The Labute approximate surface area is 166 Å². The number of nitriles is 1. The van der Waals surface area contributed by atoms with E-state index in [4.69, 9.17) is 10.00 Å². The lowest BCUT2D eigenvalue weighted by Crippen LogP contribution is -2.49. The summed E-state index contributed by atoms with van der Waals surface area (Å²) in [6.45, 7) is 0. The van der Waals surface area contributed by atoms with Crippen molar-refractivity contribution in [2.45, 2.75) is 22.2 Å². The molecule has 14 heteroatoms. The van der Waals surface area contributed by atoms with Crippen LogP contribution in [0.25, 0.3) is 0 Å². The Kier molecular flexibility index (Phi) is 6.11. The van der Waals surface area contributed by atoms with E-state index in [0.29, 0.717) is 6.07 Å². The maximum Gasteiger partial charge on any atom is 0.358 e.